The lowest BCUT2D eigenvalue weighted by Gasteiger charge is -2.55. The van der Waals surface area contributed by atoms with E-state index in [-0.39, 0.29) is 16.9 Å². The molecule has 1 aromatic heterocycles. The van der Waals surface area contributed by atoms with Crippen LogP contribution in [-0.2, 0) is 4.74 Å². The molecule has 2 aromatic rings. The van der Waals surface area contributed by atoms with Crippen molar-refractivity contribution < 1.29 is 14.9 Å². The summed E-state index contributed by atoms with van der Waals surface area (Å²) < 4.78 is 7.26. The van der Waals surface area contributed by atoms with Crippen molar-refractivity contribution in [3.8, 4) is 0 Å². The second-order valence-electron chi connectivity index (χ2n) is 12.3. The van der Waals surface area contributed by atoms with Crippen LogP contribution < -0.4 is 0 Å². The van der Waals surface area contributed by atoms with Gasteiger partial charge in [-0.1, -0.05) is 51.1 Å². The molecule has 2 spiro atoms. The minimum atomic E-state index is -0.843. The molecule has 182 valence electrons. The molecular formula is C31H35NO3. The summed E-state index contributed by atoms with van der Waals surface area (Å²) in [5.74, 6) is 0.709. The molecular weight excluding hydrogens is 434 g/mol. The molecule has 7 unspecified atom stereocenters. The average molecular weight is 470 g/mol. The first-order valence-electron chi connectivity index (χ1n) is 13.3. The zero-order chi connectivity index (χ0) is 24.2. The zero-order valence-corrected chi connectivity index (χ0v) is 20.9. The van der Waals surface area contributed by atoms with Crippen LogP contribution in [0.3, 0.4) is 0 Å². The Morgan fingerprint density at radius 2 is 1.94 bits per heavy atom. The number of ether oxygens (including phenoxy) is 1. The third kappa shape index (κ3) is 2.76. The van der Waals surface area contributed by atoms with E-state index in [4.69, 9.17) is 4.74 Å². The lowest BCUT2D eigenvalue weighted by atomic mass is 9.58. The number of hydrogen-bond donors (Lipinski definition) is 2. The average Bonchev–Trinajstić information content (AvgIpc) is 3.37. The molecule has 2 bridgehead atoms. The van der Waals surface area contributed by atoms with Gasteiger partial charge < -0.3 is 14.9 Å². The van der Waals surface area contributed by atoms with Crippen molar-refractivity contribution in [1.82, 2.24) is 4.98 Å². The first-order chi connectivity index (χ1) is 16.8. The van der Waals surface area contributed by atoms with Crippen molar-refractivity contribution in [2.75, 3.05) is 0 Å². The highest BCUT2D eigenvalue weighted by molar-refractivity contribution is 5.87. The summed E-state index contributed by atoms with van der Waals surface area (Å²) >= 11 is 0. The minimum absolute atomic E-state index is 0.000501. The summed E-state index contributed by atoms with van der Waals surface area (Å²) in [7, 11) is 0. The predicted molar refractivity (Wildman–Crippen MR) is 137 cm³/mol. The number of fused-ring (bicyclic) bond motifs is 2. The molecule has 0 radical (unpaired) electrons. The second kappa shape index (κ2) is 7.15. The Morgan fingerprint density at radius 3 is 2.77 bits per heavy atom. The summed E-state index contributed by atoms with van der Waals surface area (Å²) in [4.78, 5) is 4.34. The van der Waals surface area contributed by atoms with E-state index < -0.39 is 17.8 Å². The zero-order valence-electron chi connectivity index (χ0n) is 20.9. The molecule has 4 nitrogen and oxygen atoms in total. The normalized spacial score (nSPS) is 41.7. The standard InChI is InChI=1S/C31H35NO3/c1-18(2)23-16-30-11-12-31(35-30)22(15-25(30)28(34)27(23)33)8-10-29(3)24(6-7-26(29)31)20-5-4-19-9-13-32-17-21(19)14-20/h4-6,8-9,13-15,17-18,23,26-28,33-34H,7,10-12,16H2,1-3H3. The van der Waals surface area contributed by atoms with Crippen molar-refractivity contribution >= 4 is 16.3 Å². The Hall–Kier alpha value is -2.27. The molecule has 7 atom stereocenters. The summed E-state index contributed by atoms with van der Waals surface area (Å²) in [6.07, 6.45) is 14.0. The first-order valence-corrected chi connectivity index (χ1v) is 13.3. The van der Waals surface area contributed by atoms with Crippen LogP contribution in [0.4, 0.5) is 0 Å². The van der Waals surface area contributed by atoms with E-state index in [1.165, 1.54) is 27.5 Å². The molecule has 0 amide bonds. The van der Waals surface area contributed by atoms with E-state index in [2.05, 4.69) is 68.2 Å². The highest BCUT2D eigenvalue weighted by atomic mass is 16.5. The molecule has 35 heavy (non-hydrogen) atoms. The Morgan fingerprint density at radius 1 is 1.09 bits per heavy atom. The number of benzene rings is 1. The number of hydrogen-bond acceptors (Lipinski definition) is 4. The van der Waals surface area contributed by atoms with Crippen LogP contribution in [0.25, 0.3) is 16.3 Å². The highest BCUT2D eigenvalue weighted by Gasteiger charge is 2.67. The fourth-order valence-electron chi connectivity index (χ4n) is 8.41. The monoisotopic (exact) mass is 469 g/mol. The fourth-order valence-corrected chi connectivity index (χ4v) is 8.41. The van der Waals surface area contributed by atoms with Gasteiger partial charge in [0.1, 0.15) is 6.10 Å². The number of nitrogens with zero attached hydrogens (tertiary/aromatic N) is 1. The van der Waals surface area contributed by atoms with Gasteiger partial charge >= 0.3 is 0 Å². The largest absolute Gasteiger partial charge is 0.390 e. The van der Waals surface area contributed by atoms with Crippen molar-refractivity contribution in [1.29, 1.82) is 0 Å². The van der Waals surface area contributed by atoms with Crippen molar-refractivity contribution in [2.45, 2.75) is 76.3 Å². The van der Waals surface area contributed by atoms with E-state index >= 15 is 0 Å². The maximum absolute atomic E-state index is 11.2. The lowest BCUT2D eigenvalue weighted by Crippen LogP contribution is -2.58. The van der Waals surface area contributed by atoms with Gasteiger partial charge in [0.15, 0.2) is 0 Å². The Kier molecular flexibility index (Phi) is 4.49. The van der Waals surface area contributed by atoms with Gasteiger partial charge in [0.2, 0.25) is 0 Å². The van der Waals surface area contributed by atoms with Crippen LogP contribution in [0.1, 0.15) is 58.4 Å². The Labute approximate surface area is 207 Å². The Bertz CT molecular complexity index is 1320. The number of pyridine rings is 1. The molecule has 2 N–H and O–H groups in total. The molecule has 2 fully saturated rings. The lowest BCUT2D eigenvalue weighted by molar-refractivity contribution is -0.165. The SMILES string of the molecule is CC(C)C1CC23CCC4(O2)C(=CCC2(C)C(c5ccc6ccncc6c5)=CCC24)C=C3C(O)C1O. The minimum Gasteiger partial charge on any atom is -0.390 e. The second-order valence-corrected chi connectivity index (χ2v) is 12.3. The van der Waals surface area contributed by atoms with Crippen LogP contribution in [0.5, 0.6) is 0 Å². The van der Waals surface area contributed by atoms with Crippen LogP contribution in [0.15, 0.2) is 66.0 Å². The van der Waals surface area contributed by atoms with Crippen LogP contribution >= 0.6 is 0 Å². The van der Waals surface area contributed by atoms with Gasteiger partial charge in [-0.2, -0.15) is 0 Å². The third-order valence-electron chi connectivity index (χ3n) is 10.3. The van der Waals surface area contributed by atoms with Crippen LogP contribution in [0.2, 0.25) is 0 Å². The molecule has 1 saturated carbocycles. The number of aliphatic hydroxyl groups excluding tert-OH is 2. The molecule has 7 rings (SSSR count). The molecule has 3 heterocycles. The van der Waals surface area contributed by atoms with Crippen molar-refractivity contribution in [2.24, 2.45) is 23.2 Å². The molecule has 5 aliphatic rings. The topological polar surface area (TPSA) is 62.6 Å². The van der Waals surface area contributed by atoms with E-state index in [1.54, 1.807) is 0 Å². The molecule has 1 aromatic carbocycles. The smallest absolute Gasteiger partial charge is 0.104 e. The van der Waals surface area contributed by atoms with Gasteiger partial charge in [-0.15, -0.1) is 0 Å². The Balaban J connectivity index is 1.30. The van der Waals surface area contributed by atoms with Crippen molar-refractivity contribution in [3.05, 3.63) is 71.6 Å². The highest BCUT2D eigenvalue weighted by Crippen LogP contribution is 2.68. The summed E-state index contributed by atoms with van der Waals surface area (Å²) in [5.41, 5.74) is 4.11. The maximum atomic E-state index is 11.2. The molecule has 2 aliphatic heterocycles. The van der Waals surface area contributed by atoms with Crippen LogP contribution in [-0.4, -0.2) is 38.6 Å². The summed E-state index contributed by atoms with van der Waals surface area (Å²) in [6, 6.07) is 8.84. The number of allylic oxidation sites excluding steroid dienone is 3. The van der Waals surface area contributed by atoms with E-state index in [1.807, 2.05) is 12.4 Å². The van der Waals surface area contributed by atoms with Gasteiger partial charge in [0.05, 0.1) is 17.3 Å². The summed E-state index contributed by atoms with van der Waals surface area (Å²) in [6.45, 7) is 6.72. The maximum Gasteiger partial charge on any atom is 0.104 e. The fraction of sp³-hybridized carbons (Fsp3) is 0.516. The van der Waals surface area contributed by atoms with E-state index in [0.717, 1.165) is 37.7 Å². The van der Waals surface area contributed by atoms with Gasteiger partial charge in [-0.25, -0.2) is 0 Å². The third-order valence-corrected chi connectivity index (χ3v) is 10.3. The quantitative estimate of drug-likeness (QED) is 0.601. The first kappa shape index (κ1) is 22.0. The van der Waals surface area contributed by atoms with Crippen molar-refractivity contribution in [3.63, 3.8) is 0 Å². The van der Waals surface area contributed by atoms with Gasteiger partial charge in [-0.05, 0) is 83.7 Å². The van der Waals surface area contributed by atoms with E-state index in [0.29, 0.717) is 11.8 Å². The van der Waals surface area contributed by atoms with Crippen LogP contribution in [0, 0.1) is 23.2 Å². The van der Waals surface area contributed by atoms with E-state index in [9.17, 15) is 10.2 Å². The van der Waals surface area contributed by atoms with Gasteiger partial charge in [0, 0.05) is 29.1 Å². The molecule has 4 heteroatoms. The van der Waals surface area contributed by atoms with Gasteiger partial charge in [-0.3, -0.25) is 4.98 Å². The number of rotatable bonds is 2. The van der Waals surface area contributed by atoms with Gasteiger partial charge in [0.25, 0.3) is 0 Å². The number of aromatic nitrogens is 1. The number of aliphatic hydroxyl groups is 2. The molecule has 1 saturated heterocycles. The molecule has 3 aliphatic carbocycles. The summed E-state index contributed by atoms with van der Waals surface area (Å²) in [5, 5.41) is 24.5. The predicted octanol–water partition coefficient (Wildman–Crippen LogP) is 5.60.